The lowest BCUT2D eigenvalue weighted by molar-refractivity contribution is -0.141. The summed E-state index contributed by atoms with van der Waals surface area (Å²) in [6, 6.07) is 27.3. The number of anilines is 2. The van der Waals surface area contributed by atoms with E-state index in [0.29, 0.717) is 29.8 Å². The molecule has 3 N–H and O–H groups in total. The number of benzene rings is 4. The smallest absolute Gasteiger partial charge is 0.323 e. The molecule has 0 aliphatic heterocycles. The van der Waals surface area contributed by atoms with Crippen LogP contribution in [0.1, 0.15) is 34.3 Å². The Balaban J connectivity index is 1.36. The van der Waals surface area contributed by atoms with Crippen molar-refractivity contribution in [2.75, 3.05) is 10.6 Å². The maximum atomic E-state index is 13.0. The molecule has 4 rings (SSSR count). The van der Waals surface area contributed by atoms with Crippen molar-refractivity contribution in [1.29, 1.82) is 0 Å². The third-order valence-corrected chi connectivity index (χ3v) is 6.51. The number of halogens is 1. The van der Waals surface area contributed by atoms with Crippen molar-refractivity contribution in [3.8, 4) is 11.1 Å². The largest absolute Gasteiger partial charge is 0.481 e. The number of aliphatic carboxylic acids is 1. The van der Waals surface area contributed by atoms with Crippen LogP contribution in [0, 0.1) is 18.7 Å². The number of hydrogen-bond acceptors (Lipinski definition) is 3. The molecule has 1 atom stereocenters. The van der Waals surface area contributed by atoms with Crippen molar-refractivity contribution in [3.63, 3.8) is 0 Å². The number of carboxylic acids is 1. The Morgan fingerprint density at radius 2 is 1.46 bits per heavy atom. The molecular weight excluding hydrogens is 495 g/mol. The molecule has 0 aromatic heterocycles. The Hall–Kier alpha value is -4.78. The van der Waals surface area contributed by atoms with Crippen LogP contribution >= 0.6 is 0 Å². The zero-order chi connectivity index (χ0) is 27.8. The molecule has 0 heterocycles. The topological polar surface area (TPSA) is 95.5 Å². The Bertz CT molecular complexity index is 1450. The minimum absolute atomic E-state index is 0.0547. The number of hydrogen-bond donors (Lipinski definition) is 3. The summed E-state index contributed by atoms with van der Waals surface area (Å²) in [6.07, 6.45) is 0.938. The quantitative estimate of drug-likeness (QED) is 0.189. The second-order valence-corrected chi connectivity index (χ2v) is 9.38. The first kappa shape index (κ1) is 27.3. The molecular formula is C32H29FN2O4. The molecule has 0 aliphatic carbocycles. The van der Waals surface area contributed by atoms with Gasteiger partial charge in [0, 0.05) is 23.4 Å². The zero-order valence-corrected chi connectivity index (χ0v) is 21.5. The van der Waals surface area contributed by atoms with Gasteiger partial charge in [0.05, 0.1) is 5.92 Å². The molecule has 0 saturated heterocycles. The van der Waals surface area contributed by atoms with Crippen molar-refractivity contribution in [2.45, 2.75) is 26.2 Å². The van der Waals surface area contributed by atoms with Crippen molar-refractivity contribution in [2.24, 2.45) is 5.92 Å². The van der Waals surface area contributed by atoms with E-state index in [9.17, 15) is 23.9 Å². The maximum absolute atomic E-state index is 13.0. The lowest BCUT2D eigenvalue weighted by atomic mass is 9.91. The summed E-state index contributed by atoms with van der Waals surface area (Å²) in [4.78, 5) is 36.9. The van der Waals surface area contributed by atoms with Crippen LogP contribution in [0.25, 0.3) is 11.1 Å². The molecule has 39 heavy (non-hydrogen) atoms. The molecule has 0 saturated carbocycles. The molecule has 6 nitrogen and oxygen atoms in total. The fourth-order valence-electron chi connectivity index (χ4n) is 4.37. The van der Waals surface area contributed by atoms with E-state index in [1.165, 1.54) is 24.3 Å². The standard InChI is InChI=1S/C32H29FN2O4/c1-21-19-28(35-32(39)34-27-15-13-26(33)14-16-27)17-18-29(21)23-9-11-24(12-10-23)30(36)20-25(31(37)38)8-7-22-5-3-2-4-6-22/h2-6,9-19,25H,7-8,20H2,1H3,(H,37,38)(H2,34,35,39). The highest BCUT2D eigenvalue weighted by Crippen LogP contribution is 2.27. The Kier molecular flexibility index (Phi) is 8.84. The first-order chi connectivity index (χ1) is 18.8. The van der Waals surface area contributed by atoms with Crippen LogP contribution in [0.3, 0.4) is 0 Å². The molecule has 4 aromatic rings. The number of carbonyl (C=O) groups excluding carboxylic acids is 2. The van der Waals surface area contributed by atoms with Gasteiger partial charge < -0.3 is 15.7 Å². The van der Waals surface area contributed by atoms with Crippen LogP contribution in [-0.2, 0) is 11.2 Å². The normalized spacial score (nSPS) is 11.4. The number of urea groups is 1. The molecule has 2 amide bonds. The number of carbonyl (C=O) groups is 3. The van der Waals surface area contributed by atoms with Gasteiger partial charge in [0.2, 0.25) is 0 Å². The van der Waals surface area contributed by atoms with Crippen LogP contribution in [-0.4, -0.2) is 22.9 Å². The molecule has 0 fully saturated rings. The summed E-state index contributed by atoms with van der Waals surface area (Å²) in [5.41, 5.74) is 5.33. The summed E-state index contributed by atoms with van der Waals surface area (Å²) in [7, 11) is 0. The molecule has 1 unspecified atom stereocenters. The third kappa shape index (κ3) is 7.61. The second kappa shape index (κ2) is 12.6. The van der Waals surface area contributed by atoms with Gasteiger partial charge in [0.15, 0.2) is 5.78 Å². The summed E-state index contributed by atoms with van der Waals surface area (Å²) < 4.78 is 13.0. The van der Waals surface area contributed by atoms with E-state index in [-0.39, 0.29) is 18.0 Å². The summed E-state index contributed by atoms with van der Waals surface area (Å²) in [6.45, 7) is 1.92. The minimum atomic E-state index is -0.966. The monoisotopic (exact) mass is 524 g/mol. The van der Waals surface area contributed by atoms with Crippen molar-refractivity contribution in [1.82, 2.24) is 0 Å². The fourth-order valence-corrected chi connectivity index (χ4v) is 4.37. The number of ketones is 1. The Morgan fingerprint density at radius 1 is 0.821 bits per heavy atom. The van der Waals surface area contributed by atoms with Crippen LogP contribution in [0.15, 0.2) is 97.1 Å². The molecule has 4 aromatic carbocycles. The third-order valence-electron chi connectivity index (χ3n) is 6.51. The summed E-state index contributed by atoms with van der Waals surface area (Å²) in [5, 5.41) is 15.0. The van der Waals surface area contributed by atoms with Gasteiger partial charge in [0.1, 0.15) is 5.82 Å². The van der Waals surface area contributed by atoms with Gasteiger partial charge in [-0.15, -0.1) is 0 Å². The van der Waals surface area contributed by atoms with E-state index < -0.39 is 17.9 Å². The van der Waals surface area contributed by atoms with Crippen LogP contribution < -0.4 is 10.6 Å². The first-order valence-electron chi connectivity index (χ1n) is 12.6. The van der Waals surface area contributed by atoms with Crippen LogP contribution in [0.4, 0.5) is 20.6 Å². The van der Waals surface area contributed by atoms with Crippen molar-refractivity contribution in [3.05, 3.63) is 120 Å². The van der Waals surface area contributed by atoms with Gasteiger partial charge in [-0.3, -0.25) is 9.59 Å². The number of Topliss-reactive ketones (excluding diaryl/α,β-unsaturated/α-hetero) is 1. The number of aryl methyl sites for hydroxylation is 2. The van der Waals surface area contributed by atoms with E-state index in [1.807, 2.05) is 61.5 Å². The lowest BCUT2D eigenvalue weighted by Crippen LogP contribution is -2.19. The van der Waals surface area contributed by atoms with Crippen molar-refractivity contribution >= 4 is 29.2 Å². The highest BCUT2D eigenvalue weighted by Gasteiger charge is 2.22. The van der Waals surface area contributed by atoms with E-state index in [2.05, 4.69) is 10.6 Å². The molecule has 0 bridgehead atoms. The van der Waals surface area contributed by atoms with E-state index in [1.54, 1.807) is 18.2 Å². The van der Waals surface area contributed by atoms with E-state index in [0.717, 1.165) is 22.3 Å². The molecule has 0 radical (unpaired) electrons. The second-order valence-electron chi connectivity index (χ2n) is 9.38. The van der Waals surface area contributed by atoms with Gasteiger partial charge in [0.25, 0.3) is 0 Å². The lowest BCUT2D eigenvalue weighted by Gasteiger charge is -2.13. The summed E-state index contributed by atoms with van der Waals surface area (Å²) in [5.74, 6) is -2.30. The maximum Gasteiger partial charge on any atom is 0.323 e. The highest BCUT2D eigenvalue weighted by molar-refractivity contribution is 6.00. The average Bonchev–Trinajstić information content (AvgIpc) is 2.93. The zero-order valence-electron chi connectivity index (χ0n) is 21.5. The van der Waals surface area contributed by atoms with Gasteiger partial charge in [-0.1, -0.05) is 60.7 Å². The van der Waals surface area contributed by atoms with Gasteiger partial charge in [-0.25, -0.2) is 9.18 Å². The Morgan fingerprint density at radius 3 is 2.10 bits per heavy atom. The minimum Gasteiger partial charge on any atom is -0.481 e. The number of rotatable bonds is 10. The first-order valence-corrected chi connectivity index (χ1v) is 12.6. The molecule has 198 valence electrons. The predicted octanol–water partition coefficient (Wildman–Crippen LogP) is 7.35. The number of amides is 2. The fraction of sp³-hybridized carbons (Fsp3) is 0.156. The number of carboxylic acid groups (broad SMARTS) is 1. The summed E-state index contributed by atoms with van der Waals surface area (Å²) >= 11 is 0. The highest BCUT2D eigenvalue weighted by atomic mass is 19.1. The Labute approximate surface area is 226 Å². The van der Waals surface area contributed by atoms with Crippen molar-refractivity contribution < 1.29 is 23.9 Å². The molecule has 0 aliphatic rings. The van der Waals surface area contributed by atoms with Crippen LogP contribution in [0.2, 0.25) is 0 Å². The molecule has 0 spiro atoms. The SMILES string of the molecule is Cc1cc(NC(=O)Nc2ccc(F)cc2)ccc1-c1ccc(C(=O)CC(CCc2ccccc2)C(=O)O)cc1. The number of nitrogens with one attached hydrogen (secondary N) is 2. The van der Waals surface area contributed by atoms with Gasteiger partial charge >= 0.3 is 12.0 Å². The van der Waals surface area contributed by atoms with Gasteiger partial charge in [-0.2, -0.15) is 0 Å². The van der Waals surface area contributed by atoms with E-state index >= 15 is 0 Å². The molecule has 7 heteroatoms. The van der Waals surface area contributed by atoms with Gasteiger partial charge in [-0.05, 0) is 78.4 Å². The van der Waals surface area contributed by atoms with Crippen LogP contribution in [0.5, 0.6) is 0 Å². The predicted molar refractivity (Wildman–Crippen MR) is 150 cm³/mol. The van der Waals surface area contributed by atoms with E-state index in [4.69, 9.17) is 0 Å². The average molecular weight is 525 g/mol.